The topological polar surface area (TPSA) is 26.0 Å². The van der Waals surface area contributed by atoms with Gasteiger partial charge in [0.1, 0.15) is 0 Å². The Kier molecular flexibility index (Phi) is 3.26. The molecule has 0 atom stereocenters. The fourth-order valence-corrected chi connectivity index (χ4v) is 3.67. The smallest absolute Gasteiger partial charge is 0.0358 e. The van der Waals surface area contributed by atoms with E-state index >= 15 is 0 Å². The zero-order valence-electron chi connectivity index (χ0n) is 11.0. The SMILES string of the molecule is C/C=c1\c(=C\C2=C(N)CCC=C2)sc2ccccc12. The Morgan fingerprint density at radius 1 is 1.26 bits per heavy atom. The maximum atomic E-state index is 6.10. The molecule has 0 spiro atoms. The Hall–Kier alpha value is -1.80. The second-order valence-electron chi connectivity index (χ2n) is 4.73. The van der Waals surface area contributed by atoms with Crippen molar-refractivity contribution < 1.29 is 0 Å². The molecular formula is C17H17NS. The molecule has 3 rings (SSSR count). The highest BCUT2D eigenvalue weighted by Crippen LogP contribution is 2.17. The normalized spacial score (nSPS) is 17.7. The fraction of sp³-hybridized carbons (Fsp3) is 0.176. The lowest BCUT2D eigenvalue weighted by atomic mass is 10.0. The Bertz CT molecular complexity index is 790. The van der Waals surface area contributed by atoms with Crippen LogP contribution >= 0.6 is 11.3 Å². The van der Waals surface area contributed by atoms with E-state index in [1.165, 1.54) is 25.4 Å². The Morgan fingerprint density at radius 2 is 2.11 bits per heavy atom. The molecule has 0 bridgehead atoms. The van der Waals surface area contributed by atoms with Crippen LogP contribution in [0.25, 0.3) is 22.2 Å². The van der Waals surface area contributed by atoms with Gasteiger partial charge in [-0.25, -0.2) is 0 Å². The predicted octanol–water partition coefficient (Wildman–Crippen LogP) is 3.05. The first-order valence-electron chi connectivity index (χ1n) is 6.60. The van der Waals surface area contributed by atoms with Gasteiger partial charge < -0.3 is 5.73 Å². The number of allylic oxidation sites excluding steroid dienone is 4. The first-order chi connectivity index (χ1) is 9.29. The molecule has 0 aliphatic heterocycles. The van der Waals surface area contributed by atoms with Crippen LogP contribution in [0.1, 0.15) is 19.8 Å². The van der Waals surface area contributed by atoms with Crippen molar-refractivity contribution in [2.45, 2.75) is 19.8 Å². The lowest BCUT2D eigenvalue weighted by Crippen LogP contribution is -2.19. The van der Waals surface area contributed by atoms with Crippen molar-refractivity contribution in [2.75, 3.05) is 0 Å². The molecular weight excluding hydrogens is 250 g/mol. The second kappa shape index (κ2) is 5.06. The molecule has 0 unspecified atom stereocenters. The zero-order chi connectivity index (χ0) is 13.2. The first-order valence-corrected chi connectivity index (χ1v) is 7.42. The zero-order valence-corrected chi connectivity index (χ0v) is 11.8. The highest BCUT2D eigenvalue weighted by Gasteiger charge is 2.04. The van der Waals surface area contributed by atoms with E-state index in [4.69, 9.17) is 5.73 Å². The summed E-state index contributed by atoms with van der Waals surface area (Å²) in [4.78, 5) is 0. The van der Waals surface area contributed by atoms with E-state index in [-0.39, 0.29) is 0 Å². The predicted molar refractivity (Wildman–Crippen MR) is 85.3 cm³/mol. The molecule has 2 N–H and O–H groups in total. The molecule has 0 radical (unpaired) electrons. The standard InChI is InChI=1S/C17H17NS/c1-2-13-14-8-4-6-10-16(14)19-17(13)11-12-7-3-5-9-15(12)18/h2-4,6-8,10-11H,5,9,18H2,1H3/b13-2-,17-11-. The van der Waals surface area contributed by atoms with E-state index in [9.17, 15) is 0 Å². The molecule has 1 aromatic carbocycles. The van der Waals surface area contributed by atoms with Crippen LogP contribution in [-0.4, -0.2) is 0 Å². The van der Waals surface area contributed by atoms with Crippen LogP contribution < -0.4 is 15.5 Å². The summed E-state index contributed by atoms with van der Waals surface area (Å²) in [6.07, 6.45) is 10.8. The maximum Gasteiger partial charge on any atom is 0.0358 e. The quantitative estimate of drug-likeness (QED) is 0.844. The Morgan fingerprint density at radius 3 is 2.89 bits per heavy atom. The molecule has 1 heterocycles. The molecule has 0 saturated carbocycles. The molecule has 1 aliphatic rings. The van der Waals surface area contributed by atoms with Crippen LogP contribution in [0.15, 0.2) is 47.7 Å². The number of benzene rings is 1. The third kappa shape index (κ3) is 2.24. The molecule has 1 aliphatic carbocycles. The van der Waals surface area contributed by atoms with Gasteiger partial charge in [0.2, 0.25) is 0 Å². The number of thiophene rings is 1. The van der Waals surface area contributed by atoms with Crippen LogP contribution in [-0.2, 0) is 0 Å². The summed E-state index contributed by atoms with van der Waals surface area (Å²) in [6, 6.07) is 8.56. The Labute approximate surface area is 117 Å². The van der Waals surface area contributed by atoms with Gasteiger partial charge in [-0.3, -0.25) is 0 Å². The molecule has 0 saturated heterocycles. The minimum Gasteiger partial charge on any atom is -0.402 e. The first kappa shape index (κ1) is 12.2. The molecule has 2 heteroatoms. The van der Waals surface area contributed by atoms with E-state index in [0.717, 1.165) is 18.5 Å². The van der Waals surface area contributed by atoms with Crippen molar-refractivity contribution in [1.29, 1.82) is 0 Å². The van der Waals surface area contributed by atoms with E-state index < -0.39 is 0 Å². The number of fused-ring (bicyclic) bond motifs is 1. The van der Waals surface area contributed by atoms with Crippen molar-refractivity contribution in [3.8, 4) is 0 Å². The number of rotatable bonds is 1. The van der Waals surface area contributed by atoms with Crippen LogP contribution in [0, 0.1) is 0 Å². The summed E-state index contributed by atoms with van der Waals surface area (Å²) in [5.74, 6) is 0. The maximum absolute atomic E-state index is 6.10. The van der Waals surface area contributed by atoms with E-state index in [0.29, 0.717) is 0 Å². The fourth-order valence-electron chi connectivity index (χ4n) is 2.47. The highest BCUT2D eigenvalue weighted by atomic mass is 32.1. The van der Waals surface area contributed by atoms with Crippen molar-refractivity contribution in [3.63, 3.8) is 0 Å². The summed E-state index contributed by atoms with van der Waals surface area (Å²) >= 11 is 1.83. The van der Waals surface area contributed by atoms with Gasteiger partial charge >= 0.3 is 0 Å². The summed E-state index contributed by atoms with van der Waals surface area (Å²) in [5, 5.41) is 2.65. The summed E-state index contributed by atoms with van der Waals surface area (Å²) < 4.78 is 2.63. The highest BCUT2D eigenvalue weighted by molar-refractivity contribution is 7.17. The minimum absolute atomic E-state index is 0.971. The van der Waals surface area contributed by atoms with Gasteiger partial charge in [-0.1, -0.05) is 36.4 Å². The summed E-state index contributed by atoms with van der Waals surface area (Å²) in [5.41, 5.74) is 8.27. The third-order valence-electron chi connectivity index (χ3n) is 3.49. The minimum atomic E-state index is 0.971. The average Bonchev–Trinajstić information content (AvgIpc) is 2.78. The van der Waals surface area contributed by atoms with E-state index in [1.54, 1.807) is 0 Å². The van der Waals surface area contributed by atoms with Gasteiger partial charge in [-0.15, -0.1) is 11.3 Å². The Balaban J connectivity index is 2.29. The van der Waals surface area contributed by atoms with Gasteiger partial charge in [0.25, 0.3) is 0 Å². The molecule has 0 fully saturated rings. The molecule has 1 nitrogen and oxygen atoms in total. The van der Waals surface area contributed by atoms with Crippen molar-refractivity contribution in [3.05, 3.63) is 57.4 Å². The number of hydrogen-bond donors (Lipinski definition) is 1. The lowest BCUT2D eigenvalue weighted by molar-refractivity contribution is 0.934. The third-order valence-corrected chi connectivity index (χ3v) is 4.62. The van der Waals surface area contributed by atoms with Crippen molar-refractivity contribution in [1.82, 2.24) is 0 Å². The van der Waals surface area contributed by atoms with Gasteiger partial charge in [-0.05, 0) is 48.1 Å². The van der Waals surface area contributed by atoms with Crippen LogP contribution in [0.2, 0.25) is 0 Å². The largest absolute Gasteiger partial charge is 0.402 e. The van der Waals surface area contributed by atoms with E-state index in [2.05, 4.69) is 55.5 Å². The molecule has 1 aromatic heterocycles. The van der Waals surface area contributed by atoms with Gasteiger partial charge in [0.15, 0.2) is 0 Å². The second-order valence-corrected chi connectivity index (χ2v) is 5.81. The lowest BCUT2D eigenvalue weighted by Gasteiger charge is -2.07. The molecule has 0 amide bonds. The van der Waals surface area contributed by atoms with E-state index in [1.807, 2.05) is 11.3 Å². The van der Waals surface area contributed by atoms with Crippen LogP contribution in [0.4, 0.5) is 0 Å². The van der Waals surface area contributed by atoms with Crippen molar-refractivity contribution in [2.24, 2.45) is 5.73 Å². The van der Waals surface area contributed by atoms with Gasteiger partial charge in [0.05, 0.1) is 0 Å². The monoisotopic (exact) mass is 267 g/mol. The number of hydrogen-bond acceptors (Lipinski definition) is 2. The van der Waals surface area contributed by atoms with Crippen LogP contribution in [0.5, 0.6) is 0 Å². The summed E-state index contributed by atoms with van der Waals surface area (Å²) in [6.45, 7) is 2.10. The number of nitrogens with two attached hydrogens (primary N) is 1. The summed E-state index contributed by atoms with van der Waals surface area (Å²) in [7, 11) is 0. The van der Waals surface area contributed by atoms with Gasteiger partial charge in [-0.2, -0.15) is 0 Å². The average molecular weight is 267 g/mol. The molecule has 96 valence electrons. The van der Waals surface area contributed by atoms with Gasteiger partial charge in [0, 0.05) is 14.9 Å². The van der Waals surface area contributed by atoms with Crippen molar-refractivity contribution >= 4 is 33.6 Å². The molecule has 19 heavy (non-hydrogen) atoms. The van der Waals surface area contributed by atoms with Crippen LogP contribution in [0.3, 0.4) is 0 Å². The molecule has 2 aromatic rings.